The Labute approximate surface area is 128 Å². The molecule has 7 nitrogen and oxygen atoms in total. The summed E-state index contributed by atoms with van der Waals surface area (Å²) in [6, 6.07) is 5.84. The van der Waals surface area contributed by atoms with Crippen LogP contribution in [0.15, 0.2) is 28.9 Å². The second-order valence-electron chi connectivity index (χ2n) is 6.35. The molecule has 0 aliphatic carbocycles. The van der Waals surface area contributed by atoms with Gasteiger partial charge in [-0.25, -0.2) is 0 Å². The maximum Gasteiger partial charge on any atom is 0.240 e. The SMILES string of the molecule is C[C@@H](NCc1nc(C(C)(C)C)no1)c1nnc2ccccn12. The molecule has 22 heavy (non-hydrogen) atoms. The molecule has 116 valence electrons. The van der Waals surface area contributed by atoms with E-state index in [-0.39, 0.29) is 11.5 Å². The number of rotatable bonds is 4. The van der Waals surface area contributed by atoms with E-state index in [0.29, 0.717) is 18.3 Å². The lowest BCUT2D eigenvalue weighted by Crippen LogP contribution is -2.21. The second-order valence-corrected chi connectivity index (χ2v) is 6.35. The summed E-state index contributed by atoms with van der Waals surface area (Å²) in [4.78, 5) is 4.41. The van der Waals surface area contributed by atoms with Crippen LogP contribution in [0.25, 0.3) is 5.65 Å². The highest BCUT2D eigenvalue weighted by atomic mass is 16.5. The first kappa shape index (κ1) is 14.6. The number of hydrogen-bond acceptors (Lipinski definition) is 6. The molecule has 0 bridgehead atoms. The lowest BCUT2D eigenvalue weighted by Gasteiger charge is -2.11. The van der Waals surface area contributed by atoms with Gasteiger partial charge in [-0.05, 0) is 19.1 Å². The van der Waals surface area contributed by atoms with Gasteiger partial charge in [-0.2, -0.15) is 4.98 Å². The van der Waals surface area contributed by atoms with Crippen LogP contribution in [0, 0.1) is 0 Å². The smallest absolute Gasteiger partial charge is 0.240 e. The summed E-state index contributed by atoms with van der Waals surface area (Å²) in [6.07, 6.45) is 1.95. The molecule has 7 heteroatoms. The van der Waals surface area contributed by atoms with Crippen molar-refractivity contribution in [1.82, 2.24) is 30.1 Å². The summed E-state index contributed by atoms with van der Waals surface area (Å²) in [7, 11) is 0. The first-order chi connectivity index (χ1) is 10.4. The zero-order valence-electron chi connectivity index (χ0n) is 13.2. The Hall–Kier alpha value is -2.28. The molecule has 0 unspecified atom stereocenters. The molecular weight excluding hydrogens is 280 g/mol. The zero-order chi connectivity index (χ0) is 15.7. The Morgan fingerprint density at radius 2 is 2.09 bits per heavy atom. The molecule has 0 aromatic carbocycles. The van der Waals surface area contributed by atoms with Gasteiger partial charge in [0.2, 0.25) is 5.89 Å². The van der Waals surface area contributed by atoms with E-state index in [4.69, 9.17) is 4.52 Å². The summed E-state index contributed by atoms with van der Waals surface area (Å²) in [5.74, 6) is 2.14. The molecule has 1 N–H and O–H groups in total. The highest BCUT2D eigenvalue weighted by molar-refractivity contribution is 5.37. The predicted octanol–water partition coefficient (Wildman–Crippen LogP) is 2.26. The number of aromatic nitrogens is 5. The first-order valence-electron chi connectivity index (χ1n) is 7.31. The lowest BCUT2D eigenvalue weighted by atomic mass is 9.96. The standard InChI is InChI=1S/C15H20N6O/c1-10(13-19-18-11-7-5-6-8-21(11)13)16-9-12-17-14(20-22-12)15(2,3)4/h5-8,10,16H,9H2,1-4H3/t10-/m1/s1. The minimum absolute atomic E-state index is 0.0161. The van der Waals surface area contributed by atoms with Crippen molar-refractivity contribution in [2.75, 3.05) is 0 Å². The van der Waals surface area contributed by atoms with Crippen molar-refractivity contribution in [2.45, 2.75) is 45.7 Å². The van der Waals surface area contributed by atoms with Gasteiger partial charge in [-0.1, -0.05) is 32.0 Å². The van der Waals surface area contributed by atoms with Crippen LogP contribution in [0.2, 0.25) is 0 Å². The molecule has 3 heterocycles. The molecule has 3 aromatic heterocycles. The minimum atomic E-state index is -0.115. The Kier molecular flexibility index (Phi) is 3.66. The molecule has 1 atom stereocenters. The van der Waals surface area contributed by atoms with Gasteiger partial charge in [0.25, 0.3) is 0 Å². The van der Waals surface area contributed by atoms with Crippen molar-refractivity contribution < 1.29 is 4.52 Å². The summed E-state index contributed by atoms with van der Waals surface area (Å²) in [6.45, 7) is 8.69. The van der Waals surface area contributed by atoms with Crippen molar-refractivity contribution in [3.63, 3.8) is 0 Å². The van der Waals surface area contributed by atoms with Crippen molar-refractivity contribution >= 4 is 5.65 Å². The van der Waals surface area contributed by atoms with Crippen LogP contribution < -0.4 is 5.32 Å². The number of hydrogen-bond donors (Lipinski definition) is 1. The Bertz CT molecular complexity index is 770. The third-order valence-electron chi connectivity index (χ3n) is 3.43. The van der Waals surface area contributed by atoms with E-state index >= 15 is 0 Å². The summed E-state index contributed by atoms with van der Waals surface area (Å²) in [5, 5.41) is 15.7. The Balaban J connectivity index is 1.70. The van der Waals surface area contributed by atoms with Crippen LogP contribution in [-0.2, 0) is 12.0 Å². The molecule has 0 saturated heterocycles. The van der Waals surface area contributed by atoms with E-state index in [9.17, 15) is 0 Å². The molecule has 3 rings (SSSR count). The highest BCUT2D eigenvalue weighted by Gasteiger charge is 2.21. The highest BCUT2D eigenvalue weighted by Crippen LogP contribution is 2.18. The fourth-order valence-corrected chi connectivity index (χ4v) is 2.12. The third-order valence-corrected chi connectivity index (χ3v) is 3.43. The zero-order valence-corrected chi connectivity index (χ0v) is 13.2. The lowest BCUT2D eigenvalue weighted by molar-refractivity contribution is 0.347. The van der Waals surface area contributed by atoms with Crippen molar-refractivity contribution in [3.05, 3.63) is 41.9 Å². The van der Waals surface area contributed by atoms with Gasteiger partial charge in [0, 0.05) is 11.6 Å². The largest absolute Gasteiger partial charge is 0.338 e. The van der Waals surface area contributed by atoms with Crippen molar-refractivity contribution in [1.29, 1.82) is 0 Å². The van der Waals surface area contributed by atoms with E-state index in [1.54, 1.807) is 0 Å². The van der Waals surface area contributed by atoms with Gasteiger partial charge in [0.1, 0.15) is 0 Å². The van der Waals surface area contributed by atoms with E-state index in [2.05, 4.69) is 46.4 Å². The summed E-state index contributed by atoms with van der Waals surface area (Å²) < 4.78 is 7.24. The summed E-state index contributed by atoms with van der Waals surface area (Å²) in [5.41, 5.74) is 0.718. The average Bonchev–Trinajstić information content (AvgIpc) is 3.11. The predicted molar refractivity (Wildman–Crippen MR) is 81.2 cm³/mol. The number of nitrogens with one attached hydrogen (secondary N) is 1. The van der Waals surface area contributed by atoms with Gasteiger partial charge in [0.05, 0.1) is 12.6 Å². The van der Waals surface area contributed by atoms with Crippen LogP contribution in [0.1, 0.15) is 51.3 Å². The molecule has 3 aromatic rings. The second kappa shape index (κ2) is 5.49. The normalized spacial score (nSPS) is 13.6. The van der Waals surface area contributed by atoms with Gasteiger partial charge in [-0.15, -0.1) is 10.2 Å². The molecule has 0 radical (unpaired) electrons. The van der Waals surface area contributed by atoms with E-state index in [0.717, 1.165) is 11.5 Å². The molecule has 0 aliphatic heterocycles. The topological polar surface area (TPSA) is 81.1 Å². The van der Waals surface area contributed by atoms with Gasteiger partial charge in [-0.3, -0.25) is 9.72 Å². The average molecular weight is 300 g/mol. The monoisotopic (exact) mass is 300 g/mol. The van der Waals surface area contributed by atoms with E-state index in [1.807, 2.05) is 35.7 Å². The van der Waals surface area contributed by atoms with E-state index < -0.39 is 0 Å². The van der Waals surface area contributed by atoms with Crippen LogP contribution in [0.4, 0.5) is 0 Å². The van der Waals surface area contributed by atoms with Gasteiger partial charge < -0.3 is 4.52 Å². The number of nitrogens with zero attached hydrogens (tertiary/aromatic N) is 5. The molecule has 0 saturated carbocycles. The maximum absolute atomic E-state index is 5.28. The van der Waals surface area contributed by atoms with E-state index in [1.165, 1.54) is 0 Å². The molecule has 0 amide bonds. The maximum atomic E-state index is 5.28. The van der Waals surface area contributed by atoms with Gasteiger partial charge >= 0.3 is 0 Å². The third kappa shape index (κ3) is 2.85. The van der Waals surface area contributed by atoms with Gasteiger partial charge in [0.15, 0.2) is 17.3 Å². The number of fused-ring (bicyclic) bond motifs is 1. The first-order valence-corrected chi connectivity index (χ1v) is 7.31. The van der Waals surface area contributed by atoms with Crippen LogP contribution in [0.5, 0.6) is 0 Å². The fraction of sp³-hybridized carbons (Fsp3) is 0.467. The molecule has 0 spiro atoms. The van der Waals surface area contributed by atoms with Crippen LogP contribution >= 0.6 is 0 Å². The quantitative estimate of drug-likeness (QED) is 0.796. The summed E-state index contributed by atoms with van der Waals surface area (Å²) >= 11 is 0. The minimum Gasteiger partial charge on any atom is -0.338 e. The van der Waals surface area contributed by atoms with Crippen molar-refractivity contribution in [2.24, 2.45) is 0 Å². The Morgan fingerprint density at radius 3 is 2.82 bits per heavy atom. The molecule has 0 fully saturated rings. The molecule has 0 aliphatic rings. The van der Waals surface area contributed by atoms with Crippen molar-refractivity contribution in [3.8, 4) is 0 Å². The Morgan fingerprint density at radius 1 is 1.27 bits per heavy atom. The van der Waals surface area contributed by atoms with Crippen LogP contribution in [-0.4, -0.2) is 24.7 Å². The number of pyridine rings is 1. The van der Waals surface area contributed by atoms with Crippen LogP contribution in [0.3, 0.4) is 0 Å². The fourth-order valence-electron chi connectivity index (χ4n) is 2.12. The molecular formula is C15H20N6O.